The Hall–Kier alpha value is -3.29. The number of halogens is 4. The number of hydrogen-bond donors (Lipinski definition) is 1. The Morgan fingerprint density at radius 3 is 2.23 bits per heavy atom. The van der Waals surface area contributed by atoms with Crippen LogP contribution in [-0.2, 0) is 6.18 Å². The van der Waals surface area contributed by atoms with E-state index in [1.165, 1.54) is 48.8 Å². The number of alkyl halides is 3. The lowest BCUT2D eigenvalue weighted by Gasteiger charge is -2.10. The fourth-order valence-electron chi connectivity index (χ4n) is 2.17. The third-order valence-electron chi connectivity index (χ3n) is 3.46. The van der Waals surface area contributed by atoms with Crippen molar-refractivity contribution in [3.63, 3.8) is 0 Å². The van der Waals surface area contributed by atoms with E-state index < -0.39 is 23.5 Å². The second kappa shape index (κ2) is 6.91. The molecule has 26 heavy (non-hydrogen) atoms. The van der Waals surface area contributed by atoms with Gasteiger partial charge < -0.3 is 5.32 Å². The van der Waals surface area contributed by atoms with Crippen molar-refractivity contribution in [2.45, 2.75) is 6.18 Å². The highest BCUT2D eigenvalue weighted by Crippen LogP contribution is 2.30. The summed E-state index contributed by atoms with van der Waals surface area (Å²) < 4.78 is 51.0. The quantitative estimate of drug-likeness (QED) is 0.696. The van der Waals surface area contributed by atoms with Crippen LogP contribution in [-0.4, -0.2) is 15.9 Å². The summed E-state index contributed by atoms with van der Waals surface area (Å²) in [6, 6.07) is 9.80. The van der Waals surface area contributed by atoms with Crippen LogP contribution in [0, 0.1) is 5.82 Å². The molecule has 4 nitrogen and oxygen atoms in total. The average molecular weight is 361 g/mol. The van der Waals surface area contributed by atoms with Gasteiger partial charge in [0.25, 0.3) is 5.91 Å². The van der Waals surface area contributed by atoms with Crippen molar-refractivity contribution in [2.24, 2.45) is 0 Å². The Morgan fingerprint density at radius 1 is 0.962 bits per heavy atom. The van der Waals surface area contributed by atoms with Gasteiger partial charge in [0.15, 0.2) is 5.82 Å². The third-order valence-corrected chi connectivity index (χ3v) is 3.46. The van der Waals surface area contributed by atoms with Gasteiger partial charge in [0.05, 0.1) is 11.1 Å². The molecular weight excluding hydrogens is 350 g/mol. The molecule has 0 aliphatic heterocycles. The first-order valence-corrected chi connectivity index (χ1v) is 7.39. The van der Waals surface area contributed by atoms with Gasteiger partial charge in [-0.25, -0.2) is 14.4 Å². The van der Waals surface area contributed by atoms with E-state index in [1.54, 1.807) is 0 Å². The molecule has 3 rings (SSSR count). The molecule has 0 fully saturated rings. The fourth-order valence-corrected chi connectivity index (χ4v) is 2.17. The Labute approximate surface area is 145 Å². The zero-order valence-corrected chi connectivity index (χ0v) is 13.1. The molecule has 0 spiro atoms. The van der Waals surface area contributed by atoms with E-state index in [2.05, 4.69) is 15.3 Å². The molecule has 0 bridgehead atoms. The Balaban J connectivity index is 1.75. The van der Waals surface area contributed by atoms with Crippen LogP contribution in [0.25, 0.3) is 11.4 Å². The van der Waals surface area contributed by atoms with E-state index in [1.807, 2.05) is 0 Å². The lowest BCUT2D eigenvalue weighted by atomic mass is 10.2. The Bertz CT molecular complexity index is 922. The number of carbonyl (C=O) groups is 1. The molecule has 0 aliphatic rings. The van der Waals surface area contributed by atoms with Crippen LogP contribution in [0.1, 0.15) is 15.9 Å². The van der Waals surface area contributed by atoms with Crippen molar-refractivity contribution in [3.8, 4) is 11.4 Å². The highest BCUT2D eigenvalue weighted by Gasteiger charge is 2.30. The van der Waals surface area contributed by atoms with Gasteiger partial charge in [0.2, 0.25) is 0 Å². The Kier molecular flexibility index (Phi) is 4.66. The van der Waals surface area contributed by atoms with Crippen LogP contribution in [0.2, 0.25) is 0 Å². The average Bonchev–Trinajstić information content (AvgIpc) is 2.62. The number of benzene rings is 2. The first-order chi connectivity index (χ1) is 12.3. The summed E-state index contributed by atoms with van der Waals surface area (Å²) in [5.41, 5.74) is -0.213. The SMILES string of the molecule is O=C(Nc1cccc(C(F)(F)F)c1)c1cnc(-c2ccc(F)cc2)nc1. The summed E-state index contributed by atoms with van der Waals surface area (Å²) >= 11 is 0. The number of anilines is 1. The zero-order valence-electron chi connectivity index (χ0n) is 13.1. The number of nitrogens with zero attached hydrogens (tertiary/aromatic N) is 2. The van der Waals surface area contributed by atoms with Gasteiger partial charge in [0, 0.05) is 23.6 Å². The number of amides is 1. The molecule has 0 unspecified atom stereocenters. The molecule has 1 N–H and O–H groups in total. The number of aromatic nitrogens is 2. The van der Waals surface area contributed by atoms with Gasteiger partial charge in [-0.2, -0.15) is 13.2 Å². The maximum absolute atomic E-state index is 12.9. The molecule has 3 aromatic rings. The highest BCUT2D eigenvalue weighted by atomic mass is 19.4. The van der Waals surface area contributed by atoms with Gasteiger partial charge in [-0.3, -0.25) is 4.79 Å². The monoisotopic (exact) mass is 361 g/mol. The molecule has 0 radical (unpaired) electrons. The molecular formula is C18H11F4N3O. The number of nitrogens with one attached hydrogen (secondary N) is 1. The molecule has 0 saturated carbocycles. The molecule has 1 aromatic heterocycles. The van der Waals surface area contributed by atoms with Crippen LogP contribution >= 0.6 is 0 Å². The first kappa shape index (κ1) is 17.5. The second-order valence-electron chi connectivity index (χ2n) is 5.33. The van der Waals surface area contributed by atoms with Crippen molar-refractivity contribution >= 4 is 11.6 Å². The maximum Gasteiger partial charge on any atom is 0.416 e. The van der Waals surface area contributed by atoms with Crippen LogP contribution < -0.4 is 5.32 Å². The van der Waals surface area contributed by atoms with Crippen LogP contribution in [0.4, 0.5) is 23.2 Å². The van der Waals surface area contributed by atoms with Crippen molar-refractivity contribution in [1.82, 2.24) is 9.97 Å². The summed E-state index contributed by atoms with van der Waals surface area (Å²) in [7, 11) is 0. The minimum absolute atomic E-state index is 0.00689. The van der Waals surface area contributed by atoms with Gasteiger partial charge in [0.1, 0.15) is 5.82 Å². The molecule has 8 heteroatoms. The number of hydrogen-bond acceptors (Lipinski definition) is 3. The molecule has 132 valence electrons. The third kappa shape index (κ3) is 4.02. The summed E-state index contributed by atoms with van der Waals surface area (Å²) in [6.45, 7) is 0. The normalized spacial score (nSPS) is 11.2. The smallest absolute Gasteiger partial charge is 0.322 e. The standard InChI is InChI=1S/C18H11F4N3O/c19-14-6-4-11(5-7-14)16-23-9-12(10-24-16)17(26)25-15-3-1-2-13(8-15)18(20,21)22/h1-10H,(H,25,26). The van der Waals surface area contributed by atoms with Gasteiger partial charge >= 0.3 is 6.18 Å². The lowest BCUT2D eigenvalue weighted by Crippen LogP contribution is -2.14. The van der Waals surface area contributed by atoms with Crippen molar-refractivity contribution in [1.29, 1.82) is 0 Å². The molecule has 0 aliphatic carbocycles. The summed E-state index contributed by atoms with van der Waals surface area (Å²) in [6.07, 6.45) is -2.01. The van der Waals surface area contributed by atoms with Crippen LogP contribution in [0.5, 0.6) is 0 Å². The molecule has 1 heterocycles. The van der Waals surface area contributed by atoms with Gasteiger partial charge in [-0.1, -0.05) is 6.07 Å². The predicted octanol–water partition coefficient (Wildman–Crippen LogP) is 4.55. The number of rotatable bonds is 3. The van der Waals surface area contributed by atoms with Gasteiger partial charge in [-0.15, -0.1) is 0 Å². The van der Waals surface area contributed by atoms with E-state index in [9.17, 15) is 22.4 Å². The molecule has 1 amide bonds. The Morgan fingerprint density at radius 2 is 1.62 bits per heavy atom. The largest absolute Gasteiger partial charge is 0.416 e. The predicted molar refractivity (Wildman–Crippen MR) is 86.8 cm³/mol. The topological polar surface area (TPSA) is 54.9 Å². The van der Waals surface area contributed by atoms with Crippen molar-refractivity contribution < 1.29 is 22.4 Å². The zero-order chi connectivity index (χ0) is 18.7. The van der Waals surface area contributed by atoms with Gasteiger partial charge in [-0.05, 0) is 42.5 Å². The van der Waals surface area contributed by atoms with E-state index >= 15 is 0 Å². The summed E-state index contributed by atoms with van der Waals surface area (Å²) in [5.74, 6) is -0.749. The van der Waals surface area contributed by atoms with Crippen LogP contribution in [0.15, 0.2) is 60.9 Å². The lowest BCUT2D eigenvalue weighted by molar-refractivity contribution is -0.137. The van der Waals surface area contributed by atoms with E-state index in [4.69, 9.17) is 0 Å². The van der Waals surface area contributed by atoms with E-state index in [0.29, 0.717) is 11.4 Å². The second-order valence-corrected chi connectivity index (χ2v) is 5.33. The summed E-state index contributed by atoms with van der Waals surface area (Å²) in [5, 5.41) is 2.37. The molecule has 0 saturated heterocycles. The maximum atomic E-state index is 12.9. The molecule has 0 atom stereocenters. The van der Waals surface area contributed by atoms with Crippen LogP contribution in [0.3, 0.4) is 0 Å². The fraction of sp³-hybridized carbons (Fsp3) is 0.0556. The van der Waals surface area contributed by atoms with E-state index in [0.717, 1.165) is 12.1 Å². The molecule has 2 aromatic carbocycles. The van der Waals surface area contributed by atoms with E-state index in [-0.39, 0.29) is 11.3 Å². The minimum Gasteiger partial charge on any atom is -0.322 e. The number of carbonyl (C=O) groups excluding carboxylic acids is 1. The highest BCUT2D eigenvalue weighted by molar-refractivity contribution is 6.03. The minimum atomic E-state index is -4.50. The van der Waals surface area contributed by atoms with Crippen molar-refractivity contribution in [3.05, 3.63) is 77.9 Å². The van der Waals surface area contributed by atoms with Crippen molar-refractivity contribution in [2.75, 3.05) is 5.32 Å². The summed E-state index contributed by atoms with van der Waals surface area (Å²) in [4.78, 5) is 20.2. The first-order valence-electron chi connectivity index (χ1n) is 7.39.